The number of nitrogens with two attached hydrogens (primary N) is 1. The van der Waals surface area contributed by atoms with E-state index in [2.05, 4.69) is 5.32 Å². The molecule has 1 fully saturated rings. The molecule has 6 heteroatoms. The quantitative estimate of drug-likeness (QED) is 0.729. The zero-order chi connectivity index (χ0) is 19.8. The zero-order valence-corrected chi connectivity index (χ0v) is 17.4. The van der Waals surface area contributed by atoms with E-state index < -0.39 is 0 Å². The van der Waals surface area contributed by atoms with Crippen LogP contribution in [-0.4, -0.2) is 36.3 Å². The van der Waals surface area contributed by atoms with E-state index in [0.29, 0.717) is 38.9 Å². The minimum absolute atomic E-state index is 0. The van der Waals surface area contributed by atoms with Gasteiger partial charge in [-0.15, -0.1) is 12.4 Å². The molecule has 2 aromatic carbocycles. The number of hydrogen-bond acceptors (Lipinski definition) is 3. The van der Waals surface area contributed by atoms with Crippen molar-refractivity contribution in [3.8, 4) is 0 Å². The standard InChI is InChI=1S/C23H29N3O2.ClH/c24-21(19-9-5-2-6-10-19)17-25-23(28)20-13-15-26(16-14-20)22(27)12-11-18-7-3-1-4-8-18;/h1-10,20-21H,11-17,24H2,(H,25,28);1H. The predicted molar refractivity (Wildman–Crippen MR) is 118 cm³/mol. The highest BCUT2D eigenvalue weighted by atomic mass is 35.5. The molecule has 5 nitrogen and oxygen atoms in total. The summed E-state index contributed by atoms with van der Waals surface area (Å²) in [5.74, 6) is 0.178. The number of piperidine rings is 1. The largest absolute Gasteiger partial charge is 0.354 e. The van der Waals surface area contributed by atoms with Crippen molar-refractivity contribution in [2.45, 2.75) is 31.7 Å². The lowest BCUT2D eigenvalue weighted by molar-refractivity contribution is -0.135. The molecule has 1 atom stereocenters. The van der Waals surface area contributed by atoms with Crippen molar-refractivity contribution < 1.29 is 9.59 Å². The minimum Gasteiger partial charge on any atom is -0.354 e. The fourth-order valence-corrected chi connectivity index (χ4v) is 3.62. The highest BCUT2D eigenvalue weighted by Crippen LogP contribution is 2.19. The van der Waals surface area contributed by atoms with E-state index in [-0.39, 0.29) is 36.2 Å². The first-order valence-electron chi connectivity index (χ1n) is 10.0. The van der Waals surface area contributed by atoms with Crippen LogP contribution in [0.3, 0.4) is 0 Å². The van der Waals surface area contributed by atoms with Gasteiger partial charge in [-0.2, -0.15) is 0 Å². The molecule has 0 saturated carbocycles. The summed E-state index contributed by atoms with van der Waals surface area (Å²) >= 11 is 0. The summed E-state index contributed by atoms with van der Waals surface area (Å²) in [7, 11) is 0. The lowest BCUT2D eigenvalue weighted by Crippen LogP contribution is -2.44. The molecule has 0 aromatic heterocycles. The molecular weight excluding hydrogens is 386 g/mol. The molecule has 1 aliphatic rings. The van der Waals surface area contributed by atoms with Crippen LogP contribution in [0.4, 0.5) is 0 Å². The van der Waals surface area contributed by atoms with Crippen molar-refractivity contribution in [3.05, 3.63) is 71.8 Å². The summed E-state index contributed by atoms with van der Waals surface area (Å²) in [6.45, 7) is 1.73. The Hall–Kier alpha value is -2.37. The average Bonchev–Trinajstić information content (AvgIpc) is 2.77. The van der Waals surface area contributed by atoms with Crippen molar-refractivity contribution in [3.63, 3.8) is 0 Å². The molecule has 0 spiro atoms. The van der Waals surface area contributed by atoms with E-state index >= 15 is 0 Å². The minimum atomic E-state index is -0.204. The molecule has 0 radical (unpaired) electrons. The molecule has 0 bridgehead atoms. The van der Waals surface area contributed by atoms with Gasteiger partial charge in [0.05, 0.1) is 0 Å². The zero-order valence-electron chi connectivity index (χ0n) is 16.6. The first-order valence-corrected chi connectivity index (χ1v) is 10.0. The molecule has 3 N–H and O–H groups in total. The predicted octanol–water partition coefficient (Wildman–Crippen LogP) is 3.10. The van der Waals surface area contributed by atoms with Crippen molar-refractivity contribution in [2.24, 2.45) is 11.7 Å². The van der Waals surface area contributed by atoms with Gasteiger partial charge in [0.1, 0.15) is 0 Å². The number of nitrogens with zero attached hydrogens (tertiary/aromatic N) is 1. The summed E-state index contributed by atoms with van der Waals surface area (Å²) in [4.78, 5) is 26.8. The van der Waals surface area contributed by atoms with Crippen molar-refractivity contribution in [2.75, 3.05) is 19.6 Å². The van der Waals surface area contributed by atoms with Crippen molar-refractivity contribution in [1.29, 1.82) is 0 Å². The van der Waals surface area contributed by atoms with Crippen molar-refractivity contribution >= 4 is 24.2 Å². The lowest BCUT2D eigenvalue weighted by Gasteiger charge is -2.31. The number of hydrogen-bond donors (Lipinski definition) is 2. The maximum absolute atomic E-state index is 12.5. The third-order valence-corrected chi connectivity index (χ3v) is 5.41. The third kappa shape index (κ3) is 6.87. The fraction of sp³-hybridized carbons (Fsp3) is 0.391. The molecule has 1 unspecified atom stereocenters. The molecule has 0 aliphatic carbocycles. The van der Waals surface area contributed by atoms with Gasteiger partial charge >= 0.3 is 0 Å². The van der Waals surface area contributed by atoms with E-state index in [1.807, 2.05) is 65.6 Å². The van der Waals surface area contributed by atoms with Crippen LogP contribution in [0.15, 0.2) is 60.7 Å². The summed E-state index contributed by atoms with van der Waals surface area (Å²) in [6, 6.07) is 19.6. The first kappa shape index (κ1) is 22.9. The summed E-state index contributed by atoms with van der Waals surface area (Å²) in [5, 5.41) is 2.97. The fourth-order valence-electron chi connectivity index (χ4n) is 3.62. The summed E-state index contributed by atoms with van der Waals surface area (Å²) < 4.78 is 0. The second-order valence-electron chi connectivity index (χ2n) is 7.40. The second kappa shape index (κ2) is 11.6. The smallest absolute Gasteiger partial charge is 0.223 e. The van der Waals surface area contributed by atoms with Gasteiger partial charge in [-0.3, -0.25) is 9.59 Å². The van der Waals surface area contributed by atoms with Gasteiger partial charge < -0.3 is 16.0 Å². The van der Waals surface area contributed by atoms with Crippen LogP contribution in [0.1, 0.15) is 36.4 Å². The number of benzene rings is 2. The van der Waals surface area contributed by atoms with Gasteiger partial charge in [0.25, 0.3) is 0 Å². The number of likely N-dealkylation sites (tertiary alicyclic amines) is 1. The van der Waals surface area contributed by atoms with Crippen LogP contribution in [0, 0.1) is 5.92 Å². The molecule has 29 heavy (non-hydrogen) atoms. The topological polar surface area (TPSA) is 75.4 Å². The van der Waals surface area contributed by atoms with E-state index in [1.165, 1.54) is 5.56 Å². The van der Waals surface area contributed by atoms with Gasteiger partial charge in [0.2, 0.25) is 11.8 Å². The molecule has 1 aliphatic heterocycles. The number of carbonyl (C=O) groups is 2. The van der Waals surface area contributed by atoms with E-state index in [4.69, 9.17) is 5.73 Å². The third-order valence-electron chi connectivity index (χ3n) is 5.41. The molecule has 3 rings (SSSR count). The van der Waals surface area contributed by atoms with Gasteiger partial charge in [-0.05, 0) is 30.4 Å². The Kier molecular flexibility index (Phi) is 9.16. The van der Waals surface area contributed by atoms with Gasteiger partial charge in [0, 0.05) is 38.0 Å². The maximum atomic E-state index is 12.5. The monoisotopic (exact) mass is 415 g/mol. The Morgan fingerprint density at radius 1 is 1.00 bits per heavy atom. The average molecular weight is 416 g/mol. The Morgan fingerprint density at radius 3 is 2.21 bits per heavy atom. The maximum Gasteiger partial charge on any atom is 0.223 e. The Morgan fingerprint density at radius 2 is 1.59 bits per heavy atom. The van der Waals surface area contributed by atoms with E-state index in [0.717, 1.165) is 12.0 Å². The van der Waals surface area contributed by atoms with Crippen LogP contribution < -0.4 is 11.1 Å². The SMILES string of the molecule is Cl.NC(CNC(=O)C1CCN(C(=O)CCc2ccccc2)CC1)c1ccccc1. The highest BCUT2D eigenvalue weighted by Gasteiger charge is 2.27. The number of halogens is 1. The number of rotatable bonds is 7. The Balaban J connectivity index is 0.00000300. The van der Waals surface area contributed by atoms with Crippen LogP contribution in [0.5, 0.6) is 0 Å². The molecule has 2 amide bonds. The van der Waals surface area contributed by atoms with E-state index in [9.17, 15) is 9.59 Å². The highest BCUT2D eigenvalue weighted by molar-refractivity contribution is 5.85. The Labute approximate surface area is 179 Å². The van der Waals surface area contributed by atoms with Crippen LogP contribution in [0.2, 0.25) is 0 Å². The first-order chi connectivity index (χ1) is 13.6. The van der Waals surface area contributed by atoms with E-state index in [1.54, 1.807) is 0 Å². The molecular formula is C23H30ClN3O2. The summed E-state index contributed by atoms with van der Waals surface area (Å²) in [6.07, 6.45) is 2.71. The van der Waals surface area contributed by atoms with Crippen LogP contribution in [-0.2, 0) is 16.0 Å². The lowest BCUT2D eigenvalue weighted by atomic mass is 9.95. The number of carbonyl (C=O) groups excluding carboxylic acids is 2. The second-order valence-corrected chi connectivity index (χ2v) is 7.40. The molecule has 1 heterocycles. The van der Waals surface area contributed by atoms with Gasteiger partial charge in [-0.25, -0.2) is 0 Å². The number of aryl methyl sites for hydroxylation is 1. The normalized spacial score (nSPS) is 15.3. The molecule has 2 aromatic rings. The van der Waals surface area contributed by atoms with Crippen LogP contribution >= 0.6 is 12.4 Å². The molecule has 1 saturated heterocycles. The summed E-state index contributed by atoms with van der Waals surface area (Å²) in [5.41, 5.74) is 8.34. The number of nitrogens with one attached hydrogen (secondary N) is 1. The van der Waals surface area contributed by atoms with Gasteiger partial charge in [0.15, 0.2) is 0 Å². The molecule has 156 valence electrons. The van der Waals surface area contributed by atoms with Gasteiger partial charge in [-0.1, -0.05) is 60.7 Å². The van der Waals surface area contributed by atoms with Crippen LogP contribution in [0.25, 0.3) is 0 Å². The number of amides is 2. The van der Waals surface area contributed by atoms with Crippen molar-refractivity contribution in [1.82, 2.24) is 10.2 Å². The Bertz CT molecular complexity index is 762.